The van der Waals surface area contributed by atoms with Crippen LogP contribution in [0.25, 0.3) is 38.2 Å². The highest BCUT2D eigenvalue weighted by Gasteiger charge is 2.43. The summed E-state index contributed by atoms with van der Waals surface area (Å²) in [5, 5.41) is 4.60. The number of anilines is 2. The molecule has 0 saturated heterocycles. The molecule has 1 atom stereocenters. The van der Waals surface area contributed by atoms with Crippen molar-refractivity contribution in [3.05, 3.63) is 305 Å². The number of terminal acetylenes is 2. The largest absolute Gasteiger partial charge is 0.493 e. The van der Waals surface area contributed by atoms with Gasteiger partial charge in [-0.3, -0.25) is 0 Å². The van der Waals surface area contributed by atoms with E-state index in [1.54, 1.807) is 6.92 Å². The minimum atomic E-state index is -0.511. The third kappa shape index (κ3) is 11.6. The second kappa shape index (κ2) is 26.4. The van der Waals surface area contributed by atoms with Gasteiger partial charge in [-0.05, 0) is 162 Å². The number of hydrogen-bond donors (Lipinski definition) is 0. The van der Waals surface area contributed by atoms with Gasteiger partial charge in [-0.1, -0.05) is 220 Å². The Bertz CT molecular complexity index is 4030. The maximum absolute atomic E-state index is 7.11. The van der Waals surface area contributed by atoms with Gasteiger partial charge in [-0.15, -0.1) is 31.8 Å². The standard InChI is InChI=1S/C77H71NO2.C3H4.C2H2/c1-7-10-11-25-59(21-8-2)73(22-9-3)79-51-50-53-34-42-60(43-35-53)78(62-46-47-67-66-31-17-18-32-68(66)76(4,5)72(67)52-62)61-44-38-55(39-45-61)54-26-20-27-56(37-36-54)63-28-16-19-33-69(63)77(6)70-48-40-57-23-12-14-29-64(57)74(70)80-75-65-30-15-13-24-58(65)41-49-71(75)77;1-3-2;1-2/h7-10,12-19,22-24,26-44,46-49,52,61H,2,11,20-21,25,45,50-51H2,1,3-6H3;1H,2H3;1-2H/b10-7-,22-9-,73-59-;;. The van der Waals surface area contributed by atoms with Gasteiger partial charge >= 0.3 is 0 Å². The molecule has 0 bridgehead atoms. The molecule has 12 rings (SSSR count). The topological polar surface area (TPSA) is 21.7 Å². The Labute approximate surface area is 506 Å². The predicted octanol–water partition coefficient (Wildman–Crippen LogP) is 21.3. The lowest BCUT2D eigenvalue weighted by Crippen LogP contribution is -2.30. The Kier molecular flexibility index (Phi) is 18.2. The van der Waals surface area contributed by atoms with E-state index in [9.17, 15) is 0 Å². The van der Waals surface area contributed by atoms with Crippen LogP contribution in [0.15, 0.2) is 266 Å². The smallest absolute Gasteiger partial charge is 0.139 e. The van der Waals surface area contributed by atoms with Crippen molar-refractivity contribution in [1.29, 1.82) is 0 Å². The zero-order valence-corrected chi connectivity index (χ0v) is 50.2. The van der Waals surface area contributed by atoms with Crippen LogP contribution in [0.4, 0.5) is 11.4 Å². The lowest BCUT2D eigenvalue weighted by molar-refractivity contribution is 0.223. The number of ether oxygens (including phenoxy) is 2. The number of allylic oxidation sites excluding steroid dienone is 14. The molecule has 0 spiro atoms. The summed E-state index contributed by atoms with van der Waals surface area (Å²) >= 11 is 0. The Morgan fingerprint density at radius 3 is 1.88 bits per heavy atom. The van der Waals surface area contributed by atoms with Crippen LogP contribution in [0, 0.1) is 25.2 Å². The van der Waals surface area contributed by atoms with Crippen LogP contribution in [0.5, 0.6) is 11.5 Å². The maximum Gasteiger partial charge on any atom is 0.139 e. The summed E-state index contributed by atoms with van der Waals surface area (Å²) in [7, 11) is 0. The number of hydrogen-bond acceptors (Lipinski definition) is 3. The van der Waals surface area contributed by atoms with Gasteiger partial charge in [0.05, 0.1) is 18.1 Å². The summed E-state index contributed by atoms with van der Waals surface area (Å²) in [5.41, 5.74) is 18.3. The van der Waals surface area contributed by atoms with E-state index in [0.29, 0.717) is 6.61 Å². The van der Waals surface area contributed by atoms with Gasteiger partial charge in [0.2, 0.25) is 0 Å². The Morgan fingerprint density at radius 2 is 1.24 bits per heavy atom. The molecule has 0 N–H and O–H groups in total. The van der Waals surface area contributed by atoms with Crippen molar-refractivity contribution in [1.82, 2.24) is 0 Å². The normalized spacial score (nSPS) is 16.0. The molecule has 85 heavy (non-hydrogen) atoms. The fourth-order valence-corrected chi connectivity index (χ4v) is 13.1. The summed E-state index contributed by atoms with van der Waals surface area (Å²) in [5.74, 6) is 5.09. The molecule has 3 nitrogen and oxygen atoms in total. The molecule has 3 aliphatic carbocycles. The predicted molar refractivity (Wildman–Crippen MR) is 363 cm³/mol. The van der Waals surface area contributed by atoms with Crippen LogP contribution in [-0.4, -0.2) is 12.6 Å². The lowest BCUT2D eigenvalue weighted by atomic mass is 9.66. The molecule has 8 aromatic rings. The highest BCUT2D eigenvalue weighted by atomic mass is 16.5. The van der Waals surface area contributed by atoms with Crippen molar-refractivity contribution in [3.8, 4) is 47.8 Å². The minimum absolute atomic E-state index is 0.105. The van der Waals surface area contributed by atoms with Gasteiger partial charge in [0.25, 0.3) is 0 Å². The van der Waals surface area contributed by atoms with Crippen molar-refractivity contribution in [3.63, 3.8) is 0 Å². The maximum atomic E-state index is 7.11. The lowest BCUT2D eigenvalue weighted by Gasteiger charge is -2.40. The molecule has 422 valence electrons. The first kappa shape index (κ1) is 58.6. The SMILES string of the molecule is C#C.C#CC.C=CC/C(CC/C=C\C)=C(\C=C/C)OCCc1ccc(N(c2ccc3c(c2)C(C)(C)c2ccccc2-3)C2C=CC(C3=CCC=C(c4ccccc4C4(C)c5ccc6ccccc6c5Oc5c4ccc4ccccc54)C=C3)=CC2)cc1. The average Bonchev–Trinajstić information content (AvgIpc) is 1.02. The zero-order chi connectivity index (χ0) is 59.5. The molecular weight excluding hydrogens is 1030 g/mol. The molecule has 0 saturated carbocycles. The minimum Gasteiger partial charge on any atom is -0.493 e. The van der Waals surface area contributed by atoms with Crippen molar-refractivity contribution < 1.29 is 9.47 Å². The second-order valence-electron chi connectivity index (χ2n) is 22.7. The van der Waals surface area contributed by atoms with E-state index in [1.165, 1.54) is 94.5 Å². The van der Waals surface area contributed by atoms with Gasteiger partial charge in [0, 0.05) is 45.1 Å². The summed E-state index contributed by atoms with van der Waals surface area (Å²) in [4.78, 5) is 2.55. The molecule has 1 aliphatic heterocycles. The third-order valence-electron chi connectivity index (χ3n) is 17.3. The van der Waals surface area contributed by atoms with E-state index in [2.05, 4.69) is 302 Å². The van der Waals surface area contributed by atoms with Crippen molar-refractivity contribution in [2.45, 2.75) is 96.9 Å². The molecular formula is C82H77NO2. The highest BCUT2D eigenvalue weighted by molar-refractivity contribution is 5.97. The van der Waals surface area contributed by atoms with E-state index in [-0.39, 0.29) is 11.5 Å². The molecule has 8 aromatic carbocycles. The van der Waals surface area contributed by atoms with Crippen LogP contribution < -0.4 is 9.64 Å². The van der Waals surface area contributed by atoms with E-state index in [1.807, 2.05) is 6.08 Å². The van der Waals surface area contributed by atoms with Crippen LogP contribution in [-0.2, 0) is 22.0 Å². The summed E-state index contributed by atoms with van der Waals surface area (Å²) in [6.45, 7) is 17.6. The molecule has 3 heteroatoms. The molecule has 0 aromatic heterocycles. The number of nitrogens with zero attached hydrogens (tertiary/aromatic N) is 1. The molecule has 4 aliphatic rings. The molecule has 0 amide bonds. The summed E-state index contributed by atoms with van der Waals surface area (Å²) in [6.07, 6.45) is 45.1. The molecule has 0 radical (unpaired) electrons. The Balaban J connectivity index is 0.00000156. The Morgan fingerprint density at radius 1 is 0.647 bits per heavy atom. The first-order valence-corrected chi connectivity index (χ1v) is 29.9. The van der Waals surface area contributed by atoms with Crippen molar-refractivity contribution in [2.75, 3.05) is 11.5 Å². The molecule has 0 fully saturated rings. The number of fused-ring (bicyclic) bond motifs is 9. The van der Waals surface area contributed by atoms with E-state index >= 15 is 0 Å². The first-order chi connectivity index (χ1) is 41.6. The molecule has 1 unspecified atom stereocenters. The number of benzene rings is 8. The van der Waals surface area contributed by atoms with Gasteiger partial charge in [-0.25, -0.2) is 0 Å². The van der Waals surface area contributed by atoms with Gasteiger partial charge in [0.15, 0.2) is 0 Å². The van der Waals surface area contributed by atoms with E-state index in [0.717, 1.165) is 66.6 Å². The zero-order valence-electron chi connectivity index (χ0n) is 50.2. The fourth-order valence-electron chi connectivity index (χ4n) is 13.1. The first-order valence-electron chi connectivity index (χ1n) is 29.9. The second-order valence-corrected chi connectivity index (χ2v) is 22.7. The van der Waals surface area contributed by atoms with Crippen LogP contribution >= 0.6 is 0 Å². The van der Waals surface area contributed by atoms with Crippen LogP contribution in [0.2, 0.25) is 0 Å². The number of rotatable bonds is 16. The molecule has 1 heterocycles. The average molecular weight is 1110 g/mol. The van der Waals surface area contributed by atoms with Crippen LogP contribution in [0.1, 0.15) is 113 Å². The van der Waals surface area contributed by atoms with Crippen LogP contribution in [0.3, 0.4) is 0 Å². The summed E-state index contributed by atoms with van der Waals surface area (Å²) < 4.78 is 13.6. The van der Waals surface area contributed by atoms with E-state index < -0.39 is 5.41 Å². The fraction of sp³-hybridized carbons (Fsp3) is 0.195. The third-order valence-corrected chi connectivity index (χ3v) is 17.3. The highest BCUT2D eigenvalue weighted by Crippen LogP contribution is 2.57. The Hall–Kier alpha value is -9.54. The monoisotopic (exact) mass is 1110 g/mol. The van der Waals surface area contributed by atoms with Gasteiger partial charge in [-0.2, -0.15) is 0 Å². The van der Waals surface area contributed by atoms with Crippen molar-refractivity contribution >= 4 is 38.5 Å². The quantitative estimate of drug-likeness (QED) is 0.0417. The van der Waals surface area contributed by atoms with Gasteiger partial charge in [0.1, 0.15) is 17.3 Å². The van der Waals surface area contributed by atoms with E-state index in [4.69, 9.17) is 9.47 Å². The van der Waals surface area contributed by atoms with Crippen molar-refractivity contribution in [2.24, 2.45) is 0 Å². The summed E-state index contributed by atoms with van der Waals surface area (Å²) in [6, 6.07) is 60.7. The van der Waals surface area contributed by atoms with Gasteiger partial charge < -0.3 is 14.4 Å².